The van der Waals surface area contributed by atoms with Crippen LogP contribution in [0.4, 0.5) is 0 Å². The quantitative estimate of drug-likeness (QED) is 0.852. The number of benzene rings is 1. The second-order valence-corrected chi connectivity index (χ2v) is 5.84. The minimum Gasteiger partial charge on any atom is -0.467 e. The normalized spacial score (nSPS) is 17.5. The summed E-state index contributed by atoms with van der Waals surface area (Å²) in [6.07, 6.45) is 2.56. The Kier molecular flexibility index (Phi) is 4.46. The van der Waals surface area contributed by atoms with Gasteiger partial charge in [0.1, 0.15) is 11.8 Å². The van der Waals surface area contributed by atoms with E-state index in [1.807, 2.05) is 36.4 Å². The Bertz CT molecular complexity index is 667. The van der Waals surface area contributed by atoms with E-state index in [2.05, 4.69) is 0 Å². The van der Waals surface area contributed by atoms with Crippen LogP contribution in [0.15, 0.2) is 53.1 Å². The number of likely N-dealkylation sites (N-methyl/N-ethyl adjacent to an activating group) is 1. The zero-order chi connectivity index (χ0) is 16.2. The van der Waals surface area contributed by atoms with Gasteiger partial charge in [-0.25, -0.2) is 0 Å². The van der Waals surface area contributed by atoms with E-state index in [4.69, 9.17) is 4.42 Å². The highest BCUT2D eigenvalue weighted by molar-refractivity contribution is 5.90. The molecule has 120 valence electrons. The van der Waals surface area contributed by atoms with Crippen molar-refractivity contribution in [3.63, 3.8) is 0 Å². The van der Waals surface area contributed by atoms with Crippen LogP contribution in [0.25, 0.3) is 0 Å². The lowest BCUT2D eigenvalue weighted by Crippen LogP contribution is -2.44. The minimum absolute atomic E-state index is 0.00728. The smallest absolute Gasteiger partial charge is 0.245 e. The fourth-order valence-corrected chi connectivity index (χ4v) is 2.95. The van der Waals surface area contributed by atoms with Gasteiger partial charge in [-0.2, -0.15) is 0 Å². The third kappa shape index (κ3) is 3.44. The molecule has 1 aromatic heterocycles. The van der Waals surface area contributed by atoms with Gasteiger partial charge in [-0.15, -0.1) is 0 Å². The molecule has 3 rings (SSSR count). The molecule has 0 spiro atoms. The molecule has 0 aliphatic carbocycles. The van der Waals surface area contributed by atoms with Gasteiger partial charge in [-0.1, -0.05) is 30.3 Å². The number of rotatable bonds is 5. The Morgan fingerprint density at radius 2 is 2.04 bits per heavy atom. The van der Waals surface area contributed by atoms with Crippen molar-refractivity contribution in [3.05, 3.63) is 60.1 Å². The fourth-order valence-electron chi connectivity index (χ4n) is 2.95. The van der Waals surface area contributed by atoms with Crippen molar-refractivity contribution in [2.24, 2.45) is 0 Å². The van der Waals surface area contributed by atoms with Crippen molar-refractivity contribution in [1.29, 1.82) is 0 Å². The number of hydrogen-bond donors (Lipinski definition) is 0. The van der Waals surface area contributed by atoms with Gasteiger partial charge in [-0.3, -0.25) is 9.59 Å². The Morgan fingerprint density at radius 1 is 1.26 bits per heavy atom. The third-order valence-corrected chi connectivity index (χ3v) is 4.16. The van der Waals surface area contributed by atoms with Crippen LogP contribution in [-0.2, 0) is 22.7 Å². The second-order valence-electron chi connectivity index (χ2n) is 5.84. The molecule has 2 heterocycles. The molecule has 0 unspecified atom stereocenters. The zero-order valence-corrected chi connectivity index (χ0v) is 13.1. The van der Waals surface area contributed by atoms with E-state index in [1.165, 1.54) is 0 Å². The molecule has 1 fully saturated rings. The average molecular weight is 312 g/mol. The largest absolute Gasteiger partial charge is 0.467 e. The van der Waals surface area contributed by atoms with Gasteiger partial charge in [-0.05, 0) is 24.1 Å². The molecule has 0 saturated carbocycles. The van der Waals surface area contributed by atoms with E-state index in [1.54, 1.807) is 29.2 Å². The monoisotopic (exact) mass is 312 g/mol. The summed E-state index contributed by atoms with van der Waals surface area (Å²) in [6, 6.07) is 13.0. The standard InChI is InChI=1S/C18H20N2O3/c1-19(12-14-6-3-2-4-7-14)18(22)16-9-10-17(21)20(16)13-15-8-5-11-23-15/h2-8,11,16H,9-10,12-13H2,1H3/t16-/m0/s1. The van der Waals surface area contributed by atoms with E-state index in [0.717, 1.165) is 5.56 Å². The van der Waals surface area contributed by atoms with Crippen molar-refractivity contribution in [2.75, 3.05) is 7.05 Å². The maximum Gasteiger partial charge on any atom is 0.245 e. The molecule has 5 heteroatoms. The minimum atomic E-state index is -0.402. The molecule has 1 saturated heterocycles. The van der Waals surface area contributed by atoms with Gasteiger partial charge in [0.2, 0.25) is 11.8 Å². The summed E-state index contributed by atoms with van der Waals surface area (Å²) in [6.45, 7) is 0.889. The van der Waals surface area contributed by atoms with Gasteiger partial charge >= 0.3 is 0 Å². The van der Waals surface area contributed by atoms with Crippen LogP contribution in [-0.4, -0.2) is 34.7 Å². The predicted octanol–water partition coefficient (Wildman–Crippen LogP) is 2.43. The molecule has 23 heavy (non-hydrogen) atoms. The van der Waals surface area contributed by atoms with Crippen molar-refractivity contribution in [3.8, 4) is 0 Å². The van der Waals surface area contributed by atoms with E-state index in [0.29, 0.717) is 31.7 Å². The van der Waals surface area contributed by atoms with E-state index in [9.17, 15) is 9.59 Å². The molecule has 1 atom stereocenters. The van der Waals surface area contributed by atoms with Crippen LogP contribution < -0.4 is 0 Å². The van der Waals surface area contributed by atoms with E-state index >= 15 is 0 Å². The first-order valence-electron chi connectivity index (χ1n) is 7.76. The molecule has 2 aromatic rings. The summed E-state index contributed by atoms with van der Waals surface area (Å²) in [7, 11) is 1.78. The van der Waals surface area contributed by atoms with Crippen molar-refractivity contribution >= 4 is 11.8 Å². The van der Waals surface area contributed by atoms with Crippen LogP contribution in [0.3, 0.4) is 0 Å². The van der Waals surface area contributed by atoms with Crippen molar-refractivity contribution in [2.45, 2.75) is 32.0 Å². The molecular weight excluding hydrogens is 292 g/mol. The summed E-state index contributed by atoms with van der Waals surface area (Å²) >= 11 is 0. The molecule has 2 amide bonds. The molecule has 0 N–H and O–H groups in total. The number of amides is 2. The third-order valence-electron chi connectivity index (χ3n) is 4.16. The van der Waals surface area contributed by atoms with Crippen LogP contribution in [0.2, 0.25) is 0 Å². The molecular formula is C18H20N2O3. The zero-order valence-electron chi connectivity index (χ0n) is 13.1. The predicted molar refractivity (Wildman–Crippen MR) is 85.2 cm³/mol. The number of furan rings is 1. The molecule has 0 bridgehead atoms. The SMILES string of the molecule is CN(Cc1ccccc1)C(=O)[C@@H]1CCC(=O)N1Cc1ccco1. The Labute approximate surface area is 135 Å². The van der Waals surface area contributed by atoms with Crippen molar-refractivity contribution in [1.82, 2.24) is 9.80 Å². The lowest BCUT2D eigenvalue weighted by molar-refractivity contribution is -0.141. The molecule has 5 nitrogen and oxygen atoms in total. The molecule has 1 aromatic carbocycles. The number of hydrogen-bond acceptors (Lipinski definition) is 3. The number of carbonyl (C=O) groups excluding carboxylic acids is 2. The number of carbonyl (C=O) groups is 2. The first kappa shape index (κ1) is 15.3. The molecule has 1 aliphatic rings. The number of nitrogens with zero attached hydrogens (tertiary/aromatic N) is 2. The van der Waals surface area contributed by atoms with Crippen LogP contribution in [0.1, 0.15) is 24.2 Å². The topological polar surface area (TPSA) is 53.8 Å². The Balaban J connectivity index is 1.68. The van der Waals surface area contributed by atoms with Gasteiger partial charge < -0.3 is 14.2 Å². The van der Waals surface area contributed by atoms with Crippen molar-refractivity contribution < 1.29 is 14.0 Å². The first-order valence-corrected chi connectivity index (χ1v) is 7.76. The van der Waals surface area contributed by atoms with Gasteiger partial charge in [0.25, 0.3) is 0 Å². The summed E-state index contributed by atoms with van der Waals surface area (Å²) in [5.41, 5.74) is 1.07. The first-order chi connectivity index (χ1) is 11.1. The van der Waals surface area contributed by atoms with Crippen LogP contribution in [0, 0.1) is 0 Å². The van der Waals surface area contributed by atoms with Crippen LogP contribution >= 0.6 is 0 Å². The molecule has 1 aliphatic heterocycles. The summed E-state index contributed by atoms with van der Waals surface area (Å²) in [5, 5.41) is 0. The van der Waals surface area contributed by atoms with Gasteiger partial charge in [0.15, 0.2) is 0 Å². The lowest BCUT2D eigenvalue weighted by atomic mass is 10.1. The highest BCUT2D eigenvalue weighted by atomic mass is 16.3. The van der Waals surface area contributed by atoms with Gasteiger partial charge in [0, 0.05) is 20.0 Å². The summed E-state index contributed by atoms with van der Waals surface area (Å²) in [5.74, 6) is 0.683. The second kappa shape index (κ2) is 6.69. The fraction of sp³-hybridized carbons (Fsp3) is 0.333. The van der Waals surface area contributed by atoms with E-state index in [-0.39, 0.29) is 11.8 Å². The summed E-state index contributed by atoms with van der Waals surface area (Å²) in [4.78, 5) is 28.2. The van der Waals surface area contributed by atoms with E-state index < -0.39 is 6.04 Å². The Morgan fingerprint density at radius 3 is 2.74 bits per heavy atom. The highest BCUT2D eigenvalue weighted by Gasteiger charge is 2.37. The number of likely N-dealkylation sites (tertiary alicyclic amines) is 1. The highest BCUT2D eigenvalue weighted by Crippen LogP contribution is 2.23. The Hall–Kier alpha value is -2.56. The van der Waals surface area contributed by atoms with Crippen LogP contribution in [0.5, 0.6) is 0 Å². The maximum absolute atomic E-state index is 12.7. The molecule has 0 radical (unpaired) electrons. The van der Waals surface area contributed by atoms with Gasteiger partial charge in [0.05, 0.1) is 12.8 Å². The summed E-state index contributed by atoms with van der Waals surface area (Å²) < 4.78 is 5.31. The maximum atomic E-state index is 12.7. The lowest BCUT2D eigenvalue weighted by Gasteiger charge is -2.27. The average Bonchev–Trinajstić information content (AvgIpc) is 3.19.